The number of hydrogen-bond acceptors (Lipinski definition) is 4. The van der Waals surface area contributed by atoms with Crippen LogP contribution >= 0.6 is 11.6 Å². The number of methoxy groups -OCH3 is 2. The fourth-order valence-corrected chi connectivity index (χ4v) is 2.01. The lowest BCUT2D eigenvalue weighted by atomic mass is 10.2. The van der Waals surface area contributed by atoms with Gasteiger partial charge in [-0.1, -0.05) is 35.9 Å². The maximum Gasteiger partial charge on any atom is 0.161 e. The van der Waals surface area contributed by atoms with Gasteiger partial charge in [0, 0.05) is 10.6 Å². The highest BCUT2D eigenvalue weighted by molar-refractivity contribution is 6.33. The van der Waals surface area contributed by atoms with Crippen LogP contribution in [0, 0.1) is 0 Å². The van der Waals surface area contributed by atoms with Crippen LogP contribution in [0.2, 0.25) is 5.02 Å². The molecule has 0 saturated heterocycles. The Balaban J connectivity index is 1.96. The van der Waals surface area contributed by atoms with Gasteiger partial charge >= 0.3 is 0 Å². The topological polar surface area (TPSA) is 42.8 Å². The predicted octanol–water partition coefficient (Wildman–Crippen LogP) is 3.48. The quantitative estimate of drug-likeness (QED) is 0.656. The van der Waals surface area contributed by atoms with Crippen molar-refractivity contribution in [1.29, 1.82) is 0 Å². The third kappa shape index (κ3) is 4.13. The van der Waals surface area contributed by atoms with Gasteiger partial charge in [-0.05, 0) is 23.8 Å². The van der Waals surface area contributed by atoms with E-state index in [2.05, 4.69) is 10.5 Å². The molecule has 2 aromatic carbocycles. The van der Waals surface area contributed by atoms with E-state index in [1.807, 2.05) is 42.5 Å². The van der Waals surface area contributed by atoms with Crippen LogP contribution < -0.4 is 14.9 Å². The highest BCUT2D eigenvalue weighted by atomic mass is 35.5. The number of nitrogens with zero attached hydrogens (tertiary/aromatic N) is 1. The molecule has 0 spiro atoms. The average Bonchev–Trinajstić information content (AvgIpc) is 2.52. The van der Waals surface area contributed by atoms with Crippen molar-refractivity contribution < 1.29 is 9.47 Å². The molecule has 0 heterocycles. The van der Waals surface area contributed by atoms with Crippen molar-refractivity contribution in [2.75, 3.05) is 14.2 Å². The van der Waals surface area contributed by atoms with Crippen molar-refractivity contribution >= 4 is 17.8 Å². The molecule has 0 unspecified atom stereocenters. The molecular formula is C16H17ClN2O2. The fraction of sp³-hybridized carbons (Fsp3) is 0.188. The smallest absolute Gasteiger partial charge is 0.161 e. The van der Waals surface area contributed by atoms with E-state index < -0.39 is 0 Å². The summed E-state index contributed by atoms with van der Waals surface area (Å²) < 4.78 is 10.5. The van der Waals surface area contributed by atoms with Gasteiger partial charge in [0.1, 0.15) is 0 Å². The van der Waals surface area contributed by atoms with Gasteiger partial charge in [0.05, 0.1) is 27.0 Å². The minimum absolute atomic E-state index is 0.585. The first-order valence-electron chi connectivity index (χ1n) is 6.46. The van der Waals surface area contributed by atoms with Crippen LogP contribution in [0.1, 0.15) is 11.1 Å². The summed E-state index contributed by atoms with van der Waals surface area (Å²) >= 11 is 6.04. The molecule has 4 nitrogen and oxygen atoms in total. The molecule has 21 heavy (non-hydrogen) atoms. The molecule has 0 atom stereocenters. The average molecular weight is 305 g/mol. The first-order chi connectivity index (χ1) is 10.2. The van der Waals surface area contributed by atoms with Gasteiger partial charge in [-0.15, -0.1) is 0 Å². The maximum absolute atomic E-state index is 6.04. The van der Waals surface area contributed by atoms with Crippen LogP contribution in [0.3, 0.4) is 0 Å². The number of ether oxygens (including phenoxy) is 2. The van der Waals surface area contributed by atoms with E-state index in [1.54, 1.807) is 20.4 Å². The zero-order valence-corrected chi connectivity index (χ0v) is 12.7. The van der Waals surface area contributed by atoms with Crippen molar-refractivity contribution in [2.24, 2.45) is 5.10 Å². The van der Waals surface area contributed by atoms with E-state index in [0.29, 0.717) is 23.1 Å². The monoisotopic (exact) mass is 304 g/mol. The van der Waals surface area contributed by atoms with E-state index in [-0.39, 0.29) is 0 Å². The predicted molar refractivity (Wildman–Crippen MR) is 85.4 cm³/mol. The first-order valence-corrected chi connectivity index (χ1v) is 6.83. The van der Waals surface area contributed by atoms with Crippen LogP contribution in [-0.2, 0) is 6.54 Å². The lowest BCUT2D eigenvalue weighted by Gasteiger charge is -2.09. The molecule has 1 N–H and O–H groups in total. The summed E-state index contributed by atoms with van der Waals surface area (Å²) in [5, 5.41) is 4.84. The molecule has 0 aliphatic heterocycles. The molecule has 0 aromatic heterocycles. The molecule has 5 heteroatoms. The summed E-state index contributed by atoms with van der Waals surface area (Å²) in [6.07, 6.45) is 1.70. The van der Waals surface area contributed by atoms with Gasteiger partial charge < -0.3 is 14.9 Å². The Kier molecular flexibility index (Phi) is 5.46. The van der Waals surface area contributed by atoms with E-state index in [0.717, 1.165) is 11.1 Å². The summed E-state index contributed by atoms with van der Waals surface area (Å²) in [5.41, 5.74) is 4.90. The van der Waals surface area contributed by atoms with Crippen LogP contribution in [0.15, 0.2) is 47.6 Å². The number of benzene rings is 2. The number of nitrogens with one attached hydrogen (secondary N) is 1. The molecule has 2 rings (SSSR count). The Morgan fingerprint density at radius 1 is 1.10 bits per heavy atom. The van der Waals surface area contributed by atoms with Crippen LogP contribution in [0.4, 0.5) is 0 Å². The molecule has 0 amide bonds. The molecule has 0 aliphatic rings. The fourth-order valence-electron chi connectivity index (χ4n) is 1.82. The number of hydrazone groups is 1. The van der Waals surface area contributed by atoms with Crippen molar-refractivity contribution in [3.05, 3.63) is 58.6 Å². The molecule has 110 valence electrons. The standard InChI is InChI=1S/C16H17ClN2O2/c1-20-15-8-7-12(9-16(15)21-2)10-18-19-11-13-5-3-4-6-14(13)17/h3-9,11,18H,10H2,1-2H3/b19-11-. The Morgan fingerprint density at radius 3 is 2.57 bits per heavy atom. The molecule has 0 radical (unpaired) electrons. The highest BCUT2D eigenvalue weighted by Gasteiger charge is 2.03. The summed E-state index contributed by atoms with van der Waals surface area (Å²) in [6, 6.07) is 13.3. The van der Waals surface area contributed by atoms with Crippen LogP contribution in [0.5, 0.6) is 11.5 Å². The molecule has 2 aromatic rings. The highest BCUT2D eigenvalue weighted by Crippen LogP contribution is 2.27. The third-order valence-electron chi connectivity index (χ3n) is 2.93. The zero-order valence-electron chi connectivity index (χ0n) is 12.0. The van der Waals surface area contributed by atoms with Gasteiger partial charge in [-0.2, -0.15) is 5.10 Å². The summed E-state index contributed by atoms with van der Waals surface area (Å²) in [5.74, 6) is 1.41. The Labute approximate surface area is 129 Å². The van der Waals surface area contributed by atoms with Crippen molar-refractivity contribution in [2.45, 2.75) is 6.54 Å². The Morgan fingerprint density at radius 2 is 1.86 bits per heavy atom. The van der Waals surface area contributed by atoms with Crippen LogP contribution in [-0.4, -0.2) is 20.4 Å². The molecule has 0 saturated carbocycles. The molecule has 0 aliphatic carbocycles. The minimum Gasteiger partial charge on any atom is -0.493 e. The zero-order chi connectivity index (χ0) is 15.1. The SMILES string of the molecule is COc1ccc(CN/N=C\c2ccccc2Cl)cc1OC. The Hall–Kier alpha value is -2.20. The molecule has 0 bridgehead atoms. The summed E-state index contributed by atoms with van der Waals surface area (Å²) in [7, 11) is 3.23. The van der Waals surface area contributed by atoms with Crippen LogP contribution in [0.25, 0.3) is 0 Å². The van der Waals surface area contributed by atoms with Crippen molar-refractivity contribution in [3.63, 3.8) is 0 Å². The first kappa shape index (κ1) is 15.2. The molecular weight excluding hydrogens is 288 g/mol. The van der Waals surface area contributed by atoms with Gasteiger partial charge in [0.2, 0.25) is 0 Å². The summed E-state index contributed by atoms with van der Waals surface area (Å²) in [4.78, 5) is 0. The number of rotatable bonds is 6. The second-order valence-corrected chi connectivity index (χ2v) is 4.71. The van der Waals surface area contributed by atoms with E-state index in [9.17, 15) is 0 Å². The number of halogens is 1. The van der Waals surface area contributed by atoms with Gasteiger partial charge in [-0.3, -0.25) is 0 Å². The van der Waals surface area contributed by atoms with E-state index in [4.69, 9.17) is 21.1 Å². The maximum atomic E-state index is 6.04. The van der Waals surface area contributed by atoms with Gasteiger partial charge in [0.25, 0.3) is 0 Å². The normalized spacial score (nSPS) is 10.6. The van der Waals surface area contributed by atoms with Crippen molar-refractivity contribution in [3.8, 4) is 11.5 Å². The summed E-state index contributed by atoms with van der Waals surface area (Å²) in [6.45, 7) is 0.585. The minimum atomic E-state index is 0.585. The second-order valence-electron chi connectivity index (χ2n) is 4.30. The van der Waals surface area contributed by atoms with Gasteiger partial charge in [-0.25, -0.2) is 0 Å². The third-order valence-corrected chi connectivity index (χ3v) is 3.28. The van der Waals surface area contributed by atoms with Crippen molar-refractivity contribution in [1.82, 2.24) is 5.43 Å². The lowest BCUT2D eigenvalue weighted by Crippen LogP contribution is -2.06. The Bertz CT molecular complexity index is 629. The largest absolute Gasteiger partial charge is 0.493 e. The molecule has 0 fully saturated rings. The van der Waals surface area contributed by atoms with E-state index >= 15 is 0 Å². The second kappa shape index (κ2) is 7.55. The van der Waals surface area contributed by atoms with Gasteiger partial charge in [0.15, 0.2) is 11.5 Å². The number of hydrogen-bond donors (Lipinski definition) is 1. The lowest BCUT2D eigenvalue weighted by molar-refractivity contribution is 0.354. The van der Waals surface area contributed by atoms with E-state index in [1.165, 1.54) is 0 Å².